The molecule has 0 unspecified atom stereocenters. The average Bonchev–Trinajstić information content (AvgIpc) is 2.16. The lowest BCUT2D eigenvalue weighted by molar-refractivity contribution is -2.00. The van der Waals surface area contributed by atoms with Gasteiger partial charge in [0.25, 0.3) is 0 Å². The third-order valence-corrected chi connectivity index (χ3v) is 1.66. The molecule has 0 aliphatic heterocycles. The fourth-order valence-corrected chi connectivity index (χ4v) is 1.13. The maximum atomic E-state index is 8.62. The second-order valence-electron chi connectivity index (χ2n) is 2.73. The lowest BCUT2D eigenvalue weighted by Crippen LogP contribution is -4.29. The van der Waals surface area contributed by atoms with Gasteiger partial charge in [-0.1, -0.05) is 48.5 Å². The molecule has 80 valence electrons. The second-order valence-corrected chi connectivity index (χ2v) is 4.88. The van der Waals surface area contributed by atoms with Crippen molar-refractivity contribution in [3.63, 3.8) is 0 Å². The van der Waals surface area contributed by atoms with Gasteiger partial charge in [-0.3, -0.25) is 13.7 Å². The van der Waals surface area contributed by atoms with Crippen LogP contribution in [0.2, 0.25) is 0 Å². The van der Waals surface area contributed by atoms with E-state index in [0.717, 1.165) is 0 Å². The highest BCUT2D eigenvalue weighted by molar-refractivity contribution is 5.81. The van der Waals surface area contributed by atoms with Gasteiger partial charge in [0.15, 0.2) is 0 Å². The van der Waals surface area contributed by atoms with Crippen molar-refractivity contribution in [2.75, 3.05) is 0 Å². The van der Waals surface area contributed by atoms with Crippen molar-refractivity contribution in [3.8, 4) is 0 Å². The number of rotatable bonds is 0. The maximum absolute atomic E-state index is 8.62. The molecular formula is C10H8IO4-. The summed E-state index contributed by atoms with van der Waals surface area (Å²) in [7, 11) is 0. The van der Waals surface area contributed by atoms with Crippen LogP contribution in [0.4, 0.5) is 0 Å². The van der Waals surface area contributed by atoms with Crippen LogP contribution in [0.1, 0.15) is 0 Å². The molecule has 0 amide bonds. The summed E-state index contributed by atoms with van der Waals surface area (Å²) >= 11 is -5.94. The second kappa shape index (κ2) is 5.38. The molecule has 0 saturated carbocycles. The molecule has 15 heavy (non-hydrogen) atoms. The summed E-state index contributed by atoms with van der Waals surface area (Å²) in [6.45, 7) is 0. The Bertz CT molecular complexity index is 353. The lowest BCUT2D eigenvalue weighted by atomic mass is 10.1. The van der Waals surface area contributed by atoms with Gasteiger partial charge in [-0.05, 0) is 10.8 Å². The molecule has 2 rings (SSSR count). The van der Waals surface area contributed by atoms with E-state index in [1.807, 2.05) is 0 Å². The van der Waals surface area contributed by atoms with E-state index in [0.29, 0.717) is 0 Å². The first-order valence-electron chi connectivity index (χ1n) is 4.02. The third kappa shape index (κ3) is 5.65. The molecule has 5 heteroatoms. The predicted molar refractivity (Wildman–Crippen MR) is 43.9 cm³/mol. The number of halogens is 1. The molecule has 0 spiro atoms. The minimum Gasteiger partial charge on any atom is -0.286 e. The van der Waals surface area contributed by atoms with Gasteiger partial charge < -0.3 is 0 Å². The van der Waals surface area contributed by atoms with Crippen LogP contribution in [-0.4, -0.2) is 0 Å². The molecule has 0 radical (unpaired) electrons. The molecule has 2 aromatic rings. The van der Waals surface area contributed by atoms with E-state index >= 15 is 0 Å². The molecule has 2 aromatic carbocycles. The summed E-state index contributed by atoms with van der Waals surface area (Å²) in [5.41, 5.74) is 0. The van der Waals surface area contributed by atoms with Crippen molar-refractivity contribution in [1.29, 1.82) is 0 Å². The van der Waals surface area contributed by atoms with Crippen LogP contribution < -0.4 is 33.8 Å². The Hall–Kier alpha value is -0.730. The Morgan fingerprint density at radius 2 is 0.800 bits per heavy atom. The Labute approximate surface area is 93.1 Å². The van der Waals surface area contributed by atoms with Crippen LogP contribution >= 0.6 is 0 Å². The van der Waals surface area contributed by atoms with E-state index in [2.05, 4.69) is 48.5 Å². The smallest absolute Gasteiger partial charge is 0.144 e. The van der Waals surface area contributed by atoms with Crippen LogP contribution in [0.5, 0.6) is 0 Å². The lowest BCUT2D eigenvalue weighted by Gasteiger charge is -2.08. The first-order valence-corrected chi connectivity index (χ1v) is 7.55. The molecule has 0 saturated heterocycles. The minimum absolute atomic E-state index is 1.31. The van der Waals surface area contributed by atoms with Crippen LogP contribution in [-0.2, 0) is 0 Å². The van der Waals surface area contributed by atoms with Gasteiger partial charge in [0.05, 0.1) is 0 Å². The zero-order chi connectivity index (χ0) is 11.3. The first kappa shape index (κ1) is 12.3. The fraction of sp³-hybridized carbons (Fsp3) is 0. The van der Waals surface area contributed by atoms with Gasteiger partial charge in [0.2, 0.25) is 0 Å². The largest absolute Gasteiger partial charge is 0.286 e. The Morgan fingerprint density at radius 1 is 0.600 bits per heavy atom. The summed E-state index contributed by atoms with van der Waals surface area (Å²) in [5, 5.41) is 2.62. The summed E-state index contributed by atoms with van der Waals surface area (Å²) < 4.78 is 34.5. The highest BCUT2D eigenvalue weighted by Crippen LogP contribution is 2.11. The molecule has 0 aliphatic carbocycles. The summed E-state index contributed by atoms with van der Waals surface area (Å²) in [6.07, 6.45) is 0. The summed E-state index contributed by atoms with van der Waals surface area (Å²) in [4.78, 5) is 0. The Morgan fingerprint density at radius 3 is 1.00 bits per heavy atom. The fourth-order valence-electron chi connectivity index (χ4n) is 1.13. The summed E-state index contributed by atoms with van der Waals surface area (Å²) in [5.74, 6) is 0. The molecule has 4 nitrogen and oxygen atoms in total. The SMILES string of the molecule is [O-][I+3]([O-])([O-])[O-].c1ccc2ccccc2c1. The highest BCUT2D eigenvalue weighted by atomic mass is 127. The molecule has 0 fully saturated rings. The van der Waals surface area contributed by atoms with Gasteiger partial charge in [-0.25, -0.2) is 0 Å². The van der Waals surface area contributed by atoms with Crippen molar-refractivity contribution in [3.05, 3.63) is 48.5 Å². The van der Waals surface area contributed by atoms with E-state index in [-0.39, 0.29) is 0 Å². The van der Waals surface area contributed by atoms with Gasteiger partial charge in [-0.15, -0.1) is 0 Å². The molecule has 0 heterocycles. The van der Waals surface area contributed by atoms with E-state index in [1.165, 1.54) is 10.8 Å². The van der Waals surface area contributed by atoms with E-state index in [9.17, 15) is 0 Å². The minimum atomic E-state index is -5.94. The van der Waals surface area contributed by atoms with Crippen LogP contribution in [0, 0.1) is 0 Å². The Kier molecular flexibility index (Phi) is 4.43. The molecule has 0 atom stereocenters. The number of fused-ring (bicyclic) bond motifs is 1. The van der Waals surface area contributed by atoms with Gasteiger partial charge in [0, 0.05) is 0 Å². The summed E-state index contributed by atoms with van der Waals surface area (Å²) in [6, 6.07) is 16.7. The molecule has 0 bridgehead atoms. The molecule has 0 N–H and O–H groups in total. The number of hydrogen-bond donors (Lipinski definition) is 0. The van der Waals surface area contributed by atoms with Gasteiger partial charge >= 0.3 is 0 Å². The van der Waals surface area contributed by atoms with Crippen molar-refractivity contribution >= 4 is 10.8 Å². The monoisotopic (exact) mass is 319 g/mol. The average molecular weight is 319 g/mol. The third-order valence-electron chi connectivity index (χ3n) is 1.66. The van der Waals surface area contributed by atoms with Crippen molar-refractivity contribution in [2.45, 2.75) is 0 Å². The zero-order valence-electron chi connectivity index (χ0n) is 7.63. The van der Waals surface area contributed by atoms with E-state index < -0.39 is 20.1 Å². The molecule has 0 aromatic heterocycles. The van der Waals surface area contributed by atoms with Crippen molar-refractivity contribution in [1.82, 2.24) is 0 Å². The highest BCUT2D eigenvalue weighted by Gasteiger charge is 1.94. The van der Waals surface area contributed by atoms with Gasteiger partial charge in [0.1, 0.15) is 20.1 Å². The first-order chi connectivity index (χ1) is 6.97. The Balaban J connectivity index is 0.000000195. The zero-order valence-corrected chi connectivity index (χ0v) is 9.79. The van der Waals surface area contributed by atoms with Crippen molar-refractivity contribution < 1.29 is 33.8 Å². The predicted octanol–water partition coefficient (Wildman–Crippen LogP) is -4.91. The normalized spacial score (nSPS) is 10.7. The van der Waals surface area contributed by atoms with Crippen LogP contribution in [0.3, 0.4) is 0 Å². The maximum Gasteiger partial charge on any atom is 0.144 e. The molecule has 0 aliphatic rings. The standard InChI is InChI=1S/C10H8.IO4/c1-2-6-10-8-4-3-7-9(10)5-1;2-1(3,4)5/h1-8H;/q;-1. The van der Waals surface area contributed by atoms with Crippen LogP contribution in [0.15, 0.2) is 48.5 Å². The van der Waals surface area contributed by atoms with E-state index in [1.54, 1.807) is 0 Å². The van der Waals surface area contributed by atoms with Crippen molar-refractivity contribution in [2.24, 2.45) is 0 Å². The quantitative estimate of drug-likeness (QED) is 0.455. The van der Waals surface area contributed by atoms with E-state index in [4.69, 9.17) is 13.7 Å². The van der Waals surface area contributed by atoms with Crippen LogP contribution in [0.25, 0.3) is 10.8 Å². The topological polar surface area (TPSA) is 92.2 Å². The number of benzene rings is 2. The van der Waals surface area contributed by atoms with Gasteiger partial charge in [-0.2, -0.15) is 0 Å². The number of hydrogen-bond acceptors (Lipinski definition) is 4. The molecular weight excluding hydrogens is 311 g/mol.